The standard InChI is InChI=1S/C11H11N3OS/c1-2-6-14-10(12)9-7(13-11(14)16)4-3-5-8(9)15/h2-4,12H,1,5-6H2,(H,13,16). The predicted molar refractivity (Wildman–Crippen MR) is 63.6 cm³/mol. The molecular formula is C11H11N3OS. The van der Waals surface area contributed by atoms with Crippen molar-refractivity contribution in [2.24, 2.45) is 0 Å². The molecule has 0 amide bonds. The van der Waals surface area contributed by atoms with Gasteiger partial charge in [0, 0.05) is 13.0 Å². The summed E-state index contributed by atoms with van der Waals surface area (Å²) in [5.74, 6) is -0.0495. The lowest BCUT2D eigenvalue weighted by Crippen LogP contribution is -2.30. The number of fused-ring (bicyclic) bond motifs is 1. The van der Waals surface area contributed by atoms with Gasteiger partial charge in [-0.2, -0.15) is 0 Å². The lowest BCUT2D eigenvalue weighted by atomic mass is 10.0. The second kappa shape index (κ2) is 4.02. The maximum Gasteiger partial charge on any atom is 0.179 e. The minimum Gasteiger partial charge on any atom is -0.332 e. The van der Waals surface area contributed by atoms with Crippen LogP contribution in [-0.4, -0.2) is 15.3 Å². The molecule has 0 radical (unpaired) electrons. The van der Waals surface area contributed by atoms with Crippen LogP contribution in [0, 0.1) is 10.2 Å². The fraction of sp³-hybridized carbons (Fsp3) is 0.182. The molecule has 1 aliphatic rings. The van der Waals surface area contributed by atoms with Gasteiger partial charge in [-0.25, -0.2) is 0 Å². The van der Waals surface area contributed by atoms with Crippen molar-refractivity contribution in [3.63, 3.8) is 0 Å². The van der Waals surface area contributed by atoms with Gasteiger partial charge in [-0.1, -0.05) is 12.2 Å². The average molecular weight is 233 g/mol. The third kappa shape index (κ3) is 1.59. The normalized spacial score (nSPS) is 13.6. The van der Waals surface area contributed by atoms with Gasteiger partial charge in [0.15, 0.2) is 10.6 Å². The van der Waals surface area contributed by atoms with Crippen LogP contribution in [0.25, 0.3) is 6.08 Å². The highest BCUT2D eigenvalue weighted by Crippen LogP contribution is 2.13. The molecule has 1 aromatic rings. The summed E-state index contributed by atoms with van der Waals surface area (Å²) >= 11 is 5.12. The number of ketones is 1. The Morgan fingerprint density at radius 1 is 1.69 bits per heavy atom. The van der Waals surface area contributed by atoms with Gasteiger partial charge in [-0.05, 0) is 18.3 Å². The molecule has 0 aliphatic heterocycles. The highest BCUT2D eigenvalue weighted by Gasteiger charge is 2.17. The van der Waals surface area contributed by atoms with E-state index in [4.69, 9.17) is 17.6 Å². The maximum atomic E-state index is 11.7. The molecule has 1 aromatic heterocycles. The fourth-order valence-corrected chi connectivity index (χ4v) is 1.98. The first-order valence-electron chi connectivity index (χ1n) is 4.87. The molecular weight excluding hydrogens is 222 g/mol. The van der Waals surface area contributed by atoms with Gasteiger partial charge >= 0.3 is 0 Å². The lowest BCUT2D eigenvalue weighted by Gasteiger charge is -2.13. The first kappa shape index (κ1) is 10.8. The molecule has 0 unspecified atom stereocenters. The van der Waals surface area contributed by atoms with Crippen LogP contribution in [0.3, 0.4) is 0 Å². The Labute approximate surface area is 97.5 Å². The zero-order valence-corrected chi connectivity index (χ0v) is 9.43. The van der Waals surface area contributed by atoms with E-state index in [1.165, 1.54) is 0 Å². The SMILES string of the molecule is C=CCn1c(=S)[nH]c2c(c1=N)C(=O)CC=C2. The van der Waals surface area contributed by atoms with E-state index in [9.17, 15) is 4.79 Å². The van der Waals surface area contributed by atoms with Gasteiger partial charge in [-0.3, -0.25) is 14.8 Å². The minimum atomic E-state index is -0.0495. The number of aromatic nitrogens is 2. The number of hydrogen-bond acceptors (Lipinski definition) is 3. The van der Waals surface area contributed by atoms with Crippen molar-refractivity contribution in [3.8, 4) is 0 Å². The van der Waals surface area contributed by atoms with Crippen molar-refractivity contribution in [2.45, 2.75) is 13.0 Å². The van der Waals surface area contributed by atoms with E-state index in [-0.39, 0.29) is 11.3 Å². The molecule has 0 spiro atoms. The van der Waals surface area contributed by atoms with Gasteiger partial charge in [0.25, 0.3) is 0 Å². The Kier molecular flexibility index (Phi) is 2.70. The van der Waals surface area contributed by atoms with E-state index in [0.29, 0.717) is 29.0 Å². The van der Waals surface area contributed by atoms with Gasteiger partial charge in [-0.15, -0.1) is 6.58 Å². The van der Waals surface area contributed by atoms with Crippen LogP contribution in [0.4, 0.5) is 0 Å². The number of H-pyrrole nitrogens is 1. The van der Waals surface area contributed by atoms with E-state index in [1.54, 1.807) is 22.8 Å². The number of allylic oxidation sites excluding steroid dienone is 2. The third-order valence-corrected chi connectivity index (χ3v) is 2.76. The van der Waals surface area contributed by atoms with E-state index in [1.807, 2.05) is 0 Å². The summed E-state index contributed by atoms with van der Waals surface area (Å²) in [4.78, 5) is 14.7. The second-order valence-electron chi connectivity index (χ2n) is 3.50. The molecule has 0 saturated heterocycles. The Morgan fingerprint density at radius 2 is 2.44 bits per heavy atom. The molecule has 0 aromatic carbocycles. The summed E-state index contributed by atoms with van der Waals surface area (Å²) in [5.41, 5.74) is 1.21. The van der Waals surface area contributed by atoms with Crippen LogP contribution in [-0.2, 0) is 6.54 Å². The van der Waals surface area contributed by atoms with E-state index >= 15 is 0 Å². The highest BCUT2D eigenvalue weighted by molar-refractivity contribution is 7.71. The zero-order valence-electron chi connectivity index (χ0n) is 8.62. The Bertz CT molecular complexity index is 607. The topological polar surface area (TPSA) is 61.6 Å². The quantitative estimate of drug-likeness (QED) is 0.604. The fourth-order valence-electron chi connectivity index (χ4n) is 1.71. The van der Waals surface area contributed by atoms with Crippen LogP contribution < -0.4 is 5.49 Å². The summed E-state index contributed by atoms with van der Waals surface area (Å²) in [5, 5.41) is 7.97. The monoisotopic (exact) mass is 233 g/mol. The van der Waals surface area contributed by atoms with Crippen LogP contribution in [0.1, 0.15) is 22.5 Å². The smallest absolute Gasteiger partial charge is 0.179 e. The summed E-state index contributed by atoms with van der Waals surface area (Å²) in [6.07, 6.45) is 5.56. The summed E-state index contributed by atoms with van der Waals surface area (Å²) in [6, 6.07) is 0. The van der Waals surface area contributed by atoms with Crippen molar-refractivity contribution in [1.82, 2.24) is 9.55 Å². The van der Waals surface area contributed by atoms with E-state index in [0.717, 1.165) is 0 Å². The molecule has 0 fully saturated rings. The van der Waals surface area contributed by atoms with Crippen LogP contribution in [0.5, 0.6) is 0 Å². The van der Waals surface area contributed by atoms with Crippen molar-refractivity contribution in [3.05, 3.63) is 40.2 Å². The van der Waals surface area contributed by atoms with Gasteiger partial charge in [0.2, 0.25) is 0 Å². The summed E-state index contributed by atoms with van der Waals surface area (Å²) in [7, 11) is 0. The van der Waals surface area contributed by atoms with E-state index < -0.39 is 0 Å². The summed E-state index contributed by atoms with van der Waals surface area (Å²) < 4.78 is 1.99. The van der Waals surface area contributed by atoms with Crippen molar-refractivity contribution >= 4 is 24.1 Å². The number of nitrogens with zero attached hydrogens (tertiary/aromatic N) is 1. The third-order valence-electron chi connectivity index (χ3n) is 2.44. The van der Waals surface area contributed by atoms with Crippen LogP contribution >= 0.6 is 12.2 Å². The number of carbonyl (C=O) groups is 1. The molecule has 1 aliphatic carbocycles. The molecule has 2 N–H and O–H groups in total. The molecule has 4 nitrogen and oxygen atoms in total. The molecule has 5 heteroatoms. The average Bonchev–Trinajstić information content (AvgIpc) is 2.24. The number of aromatic amines is 1. The molecule has 0 bridgehead atoms. The summed E-state index contributed by atoms with van der Waals surface area (Å²) in [6.45, 7) is 4.04. The molecule has 0 atom stereocenters. The minimum absolute atomic E-state index is 0.0495. The van der Waals surface area contributed by atoms with Crippen LogP contribution in [0.15, 0.2) is 18.7 Å². The van der Waals surface area contributed by atoms with E-state index in [2.05, 4.69) is 11.6 Å². The first-order valence-corrected chi connectivity index (χ1v) is 5.28. The zero-order chi connectivity index (χ0) is 11.7. The first-order chi connectivity index (χ1) is 7.65. The predicted octanol–water partition coefficient (Wildman–Crippen LogP) is 1.81. The van der Waals surface area contributed by atoms with Gasteiger partial charge in [0.1, 0.15) is 5.49 Å². The number of carbonyl (C=O) groups excluding carboxylic acids is 1. The Morgan fingerprint density at radius 3 is 3.12 bits per heavy atom. The highest BCUT2D eigenvalue weighted by atomic mass is 32.1. The van der Waals surface area contributed by atoms with Crippen molar-refractivity contribution < 1.29 is 4.79 Å². The molecule has 0 saturated carbocycles. The molecule has 82 valence electrons. The van der Waals surface area contributed by atoms with Crippen molar-refractivity contribution in [2.75, 3.05) is 0 Å². The Balaban J connectivity index is 2.80. The molecule has 1 heterocycles. The number of rotatable bonds is 2. The number of hydrogen-bond donors (Lipinski definition) is 2. The maximum absolute atomic E-state index is 11.7. The van der Waals surface area contributed by atoms with Crippen molar-refractivity contribution in [1.29, 1.82) is 5.41 Å². The lowest BCUT2D eigenvalue weighted by molar-refractivity contribution is 0.0991. The second-order valence-corrected chi connectivity index (χ2v) is 3.88. The Hall–Kier alpha value is -1.75. The number of Topliss-reactive ketones (excluding diaryl/α,β-unsaturated/α-hetero) is 1. The molecule has 16 heavy (non-hydrogen) atoms. The largest absolute Gasteiger partial charge is 0.332 e. The molecule has 2 rings (SSSR count). The van der Waals surface area contributed by atoms with Gasteiger partial charge < -0.3 is 4.98 Å². The van der Waals surface area contributed by atoms with Gasteiger partial charge in [0.05, 0.1) is 11.3 Å². The van der Waals surface area contributed by atoms with Crippen LogP contribution in [0.2, 0.25) is 0 Å². The number of nitrogens with one attached hydrogen (secondary N) is 2.